The first-order valence-corrected chi connectivity index (χ1v) is 7.97. The number of hydrazine groups is 1. The second kappa shape index (κ2) is 7.47. The molecule has 2 heterocycles. The third-order valence-corrected chi connectivity index (χ3v) is 3.86. The molecule has 23 heavy (non-hydrogen) atoms. The topological polar surface area (TPSA) is 80.9 Å². The van der Waals surface area contributed by atoms with E-state index in [9.17, 15) is 4.79 Å². The Hall–Kier alpha value is -2.06. The average molecular weight is 337 g/mol. The zero-order chi connectivity index (χ0) is 16.1. The lowest BCUT2D eigenvalue weighted by molar-refractivity contribution is -0.130. The second-order valence-corrected chi connectivity index (χ2v) is 5.73. The minimum absolute atomic E-state index is 0.153. The highest BCUT2D eigenvalue weighted by atomic mass is 32.1. The van der Waals surface area contributed by atoms with Crippen molar-refractivity contribution in [3.05, 3.63) is 24.3 Å². The van der Waals surface area contributed by atoms with Crippen molar-refractivity contribution in [1.29, 1.82) is 0 Å². The predicted molar refractivity (Wildman–Crippen MR) is 87.2 cm³/mol. The van der Waals surface area contributed by atoms with Gasteiger partial charge in [0.1, 0.15) is 6.61 Å². The molecular weight excluding hydrogens is 318 g/mol. The molecule has 3 N–H and O–H groups in total. The Balaban J connectivity index is 1.40. The molecule has 0 saturated carbocycles. The summed E-state index contributed by atoms with van der Waals surface area (Å²) in [6, 6.07) is 7.23. The summed E-state index contributed by atoms with van der Waals surface area (Å²) < 4.78 is 16.6. The van der Waals surface area contributed by atoms with E-state index in [0.29, 0.717) is 23.2 Å². The Labute approximate surface area is 139 Å². The Kier molecular flexibility index (Phi) is 5.14. The van der Waals surface area contributed by atoms with Crippen molar-refractivity contribution in [3.8, 4) is 11.5 Å². The molecule has 1 fully saturated rings. The third-order valence-electron chi connectivity index (χ3n) is 3.61. The van der Waals surface area contributed by atoms with E-state index in [0.717, 1.165) is 19.4 Å². The average Bonchev–Trinajstić information content (AvgIpc) is 3.11. The monoisotopic (exact) mass is 337 g/mol. The summed E-state index contributed by atoms with van der Waals surface area (Å²) in [5.41, 5.74) is 5.18. The maximum absolute atomic E-state index is 12.1. The van der Waals surface area contributed by atoms with Gasteiger partial charge in [-0.05, 0) is 37.2 Å². The first-order valence-electron chi connectivity index (χ1n) is 7.56. The molecule has 2 aliphatic heterocycles. The molecule has 1 aromatic carbocycles. The number of nitrogens with one attached hydrogen (secondary N) is 3. The number of carbonyl (C=O) groups is 1. The van der Waals surface area contributed by atoms with Crippen LogP contribution in [0.5, 0.6) is 11.5 Å². The van der Waals surface area contributed by atoms with Crippen molar-refractivity contribution < 1.29 is 19.0 Å². The van der Waals surface area contributed by atoms with Crippen molar-refractivity contribution in [2.75, 3.05) is 19.8 Å². The summed E-state index contributed by atoms with van der Waals surface area (Å²) in [7, 11) is 0. The van der Waals surface area contributed by atoms with Gasteiger partial charge in [0.25, 0.3) is 5.91 Å². The van der Waals surface area contributed by atoms with Crippen LogP contribution in [0.3, 0.4) is 0 Å². The lowest BCUT2D eigenvalue weighted by Crippen LogP contribution is -2.53. The standard InChI is InChI=1S/C15H19N3O4S/c19-14(13-9-21-11-5-1-2-6-12(11)22-13)17-18-15(23)16-8-10-4-3-7-20-10/h1-2,5-6,10,13H,3-4,7-9H2,(H,17,19)(H2,16,18,23)/t10-,13+/m0/s1. The van der Waals surface area contributed by atoms with Gasteiger partial charge in [-0.15, -0.1) is 0 Å². The maximum Gasteiger partial charge on any atom is 0.283 e. The Morgan fingerprint density at radius 2 is 2.09 bits per heavy atom. The largest absolute Gasteiger partial charge is 0.485 e. The summed E-state index contributed by atoms with van der Waals surface area (Å²) in [6.07, 6.45) is 1.55. The first-order chi connectivity index (χ1) is 11.2. The van der Waals surface area contributed by atoms with Crippen LogP contribution in [0.15, 0.2) is 24.3 Å². The fraction of sp³-hybridized carbons (Fsp3) is 0.467. The Morgan fingerprint density at radius 3 is 2.87 bits per heavy atom. The van der Waals surface area contributed by atoms with Crippen molar-refractivity contribution in [1.82, 2.24) is 16.2 Å². The van der Waals surface area contributed by atoms with Crippen molar-refractivity contribution in [2.45, 2.75) is 25.0 Å². The number of rotatable bonds is 3. The molecule has 2 atom stereocenters. The quantitative estimate of drug-likeness (QED) is 0.547. The second-order valence-electron chi connectivity index (χ2n) is 5.32. The highest BCUT2D eigenvalue weighted by Crippen LogP contribution is 2.30. The normalized spacial score (nSPS) is 22.3. The molecule has 1 saturated heterocycles. The number of amides is 1. The van der Waals surface area contributed by atoms with Gasteiger partial charge in [-0.2, -0.15) is 0 Å². The minimum atomic E-state index is -0.724. The molecule has 2 aliphatic rings. The van der Waals surface area contributed by atoms with Crippen LogP contribution >= 0.6 is 12.2 Å². The van der Waals surface area contributed by atoms with Crippen molar-refractivity contribution in [2.24, 2.45) is 0 Å². The van der Waals surface area contributed by atoms with E-state index in [1.807, 2.05) is 12.1 Å². The van der Waals surface area contributed by atoms with Crippen LogP contribution in [0, 0.1) is 0 Å². The van der Waals surface area contributed by atoms with Crippen molar-refractivity contribution >= 4 is 23.2 Å². The van der Waals surface area contributed by atoms with Gasteiger partial charge < -0.3 is 19.5 Å². The first kappa shape index (κ1) is 15.8. The van der Waals surface area contributed by atoms with Gasteiger partial charge in [-0.1, -0.05) is 12.1 Å². The van der Waals surface area contributed by atoms with E-state index >= 15 is 0 Å². The van der Waals surface area contributed by atoms with Gasteiger partial charge in [0.2, 0.25) is 6.10 Å². The van der Waals surface area contributed by atoms with Crippen LogP contribution in [-0.4, -0.2) is 43.0 Å². The van der Waals surface area contributed by atoms with E-state index in [1.165, 1.54) is 0 Å². The molecule has 3 rings (SSSR count). The molecule has 7 nitrogen and oxygen atoms in total. The molecule has 1 aromatic rings. The SMILES string of the molecule is O=C(NNC(=S)NC[C@@H]1CCCO1)[C@H]1COc2ccccc2O1. The molecule has 0 aromatic heterocycles. The molecule has 0 spiro atoms. The number of thiocarbonyl (C=S) groups is 1. The van der Waals surface area contributed by atoms with Gasteiger partial charge in [0.05, 0.1) is 6.10 Å². The summed E-state index contributed by atoms with van der Waals surface area (Å²) >= 11 is 5.11. The Morgan fingerprint density at radius 1 is 1.26 bits per heavy atom. The fourth-order valence-corrected chi connectivity index (χ4v) is 2.54. The smallest absolute Gasteiger partial charge is 0.283 e. The Bertz CT molecular complexity index is 578. The summed E-state index contributed by atoms with van der Waals surface area (Å²) in [4.78, 5) is 12.1. The molecular formula is C15H19N3O4S. The molecule has 0 radical (unpaired) electrons. The minimum Gasteiger partial charge on any atom is -0.485 e. The van der Waals surface area contributed by atoms with Gasteiger partial charge in [-0.25, -0.2) is 0 Å². The van der Waals surface area contributed by atoms with Gasteiger partial charge in [0, 0.05) is 13.2 Å². The number of fused-ring (bicyclic) bond motifs is 1. The number of ether oxygens (including phenoxy) is 3. The highest BCUT2D eigenvalue weighted by molar-refractivity contribution is 7.80. The van der Waals surface area contributed by atoms with Gasteiger partial charge in [-0.3, -0.25) is 15.6 Å². The lowest BCUT2D eigenvalue weighted by Gasteiger charge is -2.25. The summed E-state index contributed by atoms with van der Waals surface area (Å²) in [6.45, 7) is 1.57. The van der Waals surface area contributed by atoms with Crippen LogP contribution < -0.4 is 25.6 Å². The van der Waals surface area contributed by atoms with E-state index in [4.69, 9.17) is 26.4 Å². The number of benzene rings is 1. The highest BCUT2D eigenvalue weighted by Gasteiger charge is 2.27. The summed E-state index contributed by atoms with van der Waals surface area (Å²) in [5, 5.41) is 3.35. The zero-order valence-electron chi connectivity index (χ0n) is 12.5. The van der Waals surface area contributed by atoms with Crippen LogP contribution in [-0.2, 0) is 9.53 Å². The van der Waals surface area contributed by atoms with E-state index in [-0.39, 0.29) is 18.6 Å². The lowest BCUT2D eigenvalue weighted by atomic mass is 10.2. The maximum atomic E-state index is 12.1. The number of para-hydroxylation sites is 2. The molecule has 0 unspecified atom stereocenters. The van der Waals surface area contributed by atoms with Gasteiger partial charge in [0.15, 0.2) is 16.6 Å². The van der Waals surface area contributed by atoms with Gasteiger partial charge >= 0.3 is 0 Å². The molecule has 124 valence electrons. The van der Waals surface area contributed by atoms with Crippen molar-refractivity contribution in [3.63, 3.8) is 0 Å². The zero-order valence-corrected chi connectivity index (χ0v) is 13.4. The van der Waals surface area contributed by atoms with E-state index < -0.39 is 6.10 Å². The van der Waals surface area contributed by atoms with Crippen LogP contribution in [0.1, 0.15) is 12.8 Å². The summed E-state index contributed by atoms with van der Waals surface area (Å²) in [5.74, 6) is 0.844. The van der Waals surface area contributed by atoms with E-state index in [2.05, 4.69) is 16.2 Å². The molecule has 0 aliphatic carbocycles. The fourth-order valence-electron chi connectivity index (χ4n) is 2.40. The molecule has 0 bridgehead atoms. The predicted octanol–water partition coefficient (Wildman–Crippen LogP) is 0.501. The number of hydrogen-bond acceptors (Lipinski definition) is 5. The molecule has 8 heteroatoms. The number of hydrogen-bond donors (Lipinski definition) is 3. The molecule has 1 amide bonds. The van der Waals surface area contributed by atoms with Crippen LogP contribution in [0.25, 0.3) is 0 Å². The van der Waals surface area contributed by atoms with E-state index in [1.54, 1.807) is 12.1 Å². The number of carbonyl (C=O) groups excluding carboxylic acids is 1. The third kappa shape index (κ3) is 4.23. The van der Waals surface area contributed by atoms with Crippen LogP contribution in [0.2, 0.25) is 0 Å². The van der Waals surface area contributed by atoms with Crippen LogP contribution in [0.4, 0.5) is 0 Å².